The Hall–Kier alpha value is -2.03. The minimum absolute atomic E-state index is 0.0797. The summed E-state index contributed by atoms with van der Waals surface area (Å²) in [4.78, 5) is 14.6. The Balaban J connectivity index is 2.85. The van der Waals surface area contributed by atoms with Crippen LogP contribution in [-0.2, 0) is 12.8 Å². The second-order valence-electron chi connectivity index (χ2n) is 4.46. The van der Waals surface area contributed by atoms with E-state index in [-0.39, 0.29) is 11.3 Å². The number of nitrogens with one attached hydrogen (secondary N) is 1. The second-order valence-corrected chi connectivity index (χ2v) is 4.46. The molecule has 0 aliphatic carbocycles. The van der Waals surface area contributed by atoms with Crippen molar-refractivity contribution < 1.29 is 5.11 Å². The lowest BCUT2D eigenvalue weighted by molar-refractivity contribution is 0.476. The maximum absolute atomic E-state index is 11.8. The zero-order chi connectivity index (χ0) is 13.3. The van der Waals surface area contributed by atoms with Crippen LogP contribution >= 0.6 is 0 Å². The number of fused-ring (bicyclic) bond motifs is 1. The van der Waals surface area contributed by atoms with Gasteiger partial charge in [0.15, 0.2) is 0 Å². The molecule has 3 heteroatoms. The Morgan fingerprint density at radius 2 is 2.11 bits per heavy atom. The largest absolute Gasteiger partial charge is 0.507 e. The molecule has 0 fully saturated rings. The van der Waals surface area contributed by atoms with E-state index in [1.54, 1.807) is 12.1 Å². The van der Waals surface area contributed by atoms with E-state index in [2.05, 4.69) is 11.6 Å². The van der Waals surface area contributed by atoms with Crippen molar-refractivity contribution in [2.24, 2.45) is 0 Å². The van der Waals surface area contributed by atoms with Crippen molar-refractivity contribution in [3.63, 3.8) is 0 Å². The first-order valence-corrected chi connectivity index (χ1v) is 6.06. The Morgan fingerprint density at radius 3 is 2.72 bits per heavy atom. The van der Waals surface area contributed by atoms with Crippen LogP contribution in [0.15, 0.2) is 29.6 Å². The molecule has 1 heterocycles. The van der Waals surface area contributed by atoms with Crippen LogP contribution in [0.4, 0.5) is 0 Å². The summed E-state index contributed by atoms with van der Waals surface area (Å²) in [5, 5.41) is 11.0. The van der Waals surface area contributed by atoms with Crippen LogP contribution in [0.3, 0.4) is 0 Å². The third kappa shape index (κ3) is 1.92. The van der Waals surface area contributed by atoms with E-state index in [4.69, 9.17) is 0 Å². The summed E-state index contributed by atoms with van der Waals surface area (Å²) >= 11 is 0. The van der Waals surface area contributed by atoms with E-state index < -0.39 is 0 Å². The zero-order valence-electron chi connectivity index (χ0n) is 10.7. The van der Waals surface area contributed by atoms with Gasteiger partial charge in [0.1, 0.15) is 5.75 Å². The molecule has 2 rings (SSSR count). The van der Waals surface area contributed by atoms with Gasteiger partial charge >= 0.3 is 0 Å². The summed E-state index contributed by atoms with van der Waals surface area (Å²) in [6.07, 6.45) is 3.02. The van der Waals surface area contributed by atoms with Gasteiger partial charge in [0.25, 0.3) is 5.56 Å². The molecule has 0 unspecified atom stereocenters. The second kappa shape index (κ2) is 4.69. The predicted molar refractivity (Wildman–Crippen MR) is 74.2 cm³/mol. The highest BCUT2D eigenvalue weighted by molar-refractivity contribution is 5.89. The highest BCUT2D eigenvalue weighted by atomic mass is 16.3. The fourth-order valence-corrected chi connectivity index (χ4v) is 2.22. The maximum Gasteiger partial charge on any atom is 0.251 e. The number of aryl methyl sites for hydroxylation is 2. The van der Waals surface area contributed by atoms with Gasteiger partial charge in [-0.3, -0.25) is 4.79 Å². The molecule has 0 saturated heterocycles. The lowest BCUT2D eigenvalue weighted by Crippen LogP contribution is -2.12. The summed E-state index contributed by atoms with van der Waals surface area (Å²) in [6.45, 7) is 7.54. The van der Waals surface area contributed by atoms with E-state index in [0.29, 0.717) is 29.3 Å². The molecule has 2 N–H and O–H groups in total. The molecule has 0 spiro atoms. The Kier molecular flexibility index (Phi) is 3.24. The summed E-state index contributed by atoms with van der Waals surface area (Å²) in [6, 6.07) is 3.67. The van der Waals surface area contributed by atoms with Crippen LogP contribution < -0.4 is 5.56 Å². The third-order valence-electron chi connectivity index (χ3n) is 3.21. The summed E-state index contributed by atoms with van der Waals surface area (Å²) in [5.41, 5.74) is 3.11. The van der Waals surface area contributed by atoms with Crippen LogP contribution in [0, 0.1) is 6.92 Å². The van der Waals surface area contributed by atoms with Crippen LogP contribution in [0.25, 0.3) is 10.9 Å². The van der Waals surface area contributed by atoms with Crippen molar-refractivity contribution in [2.45, 2.75) is 26.7 Å². The fourth-order valence-electron chi connectivity index (χ4n) is 2.22. The van der Waals surface area contributed by atoms with E-state index in [9.17, 15) is 9.90 Å². The number of benzene rings is 1. The standard InChI is InChI=1S/C15H17NO2/c1-4-6-11-7-9(3)13-12(14(11)17)8-10(5-2)15(18)16-13/h4,7-8,17H,1,5-6H2,2-3H3,(H,16,18). The number of aromatic hydroxyl groups is 1. The first-order valence-electron chi connectivity index (χ1n) is 6.06. The summed E-state index contributed by atoms with van der Waals surface area (Å²) in [7, 11) is 0. The number of hydrogen-bond acceptors (Lipinski definition) is 2. The third-order valence-corrected chi connectivity index (χ3v) is 3.21. The number of aromatic nitrogens is 1. The smallest absolute Gasteiger partial charge is 0.251 e. The maximum atomic E-state index is 11.8. The number of rotatable bonds is 3. The predicted octanol–water partition coefficient (Wildman–Crippen LogP) is 2.83. The van der Waals surface area contributed by atoms with Crippen LogP contribution in [0.2, 0.25) is 0 Å². The molecule has 0 bridgehead atoms. The van der Waals surface area contributed by atoms with E-state index >= 15 is 0 Å². The Bertz CT molecular complexity index is 668. The van der Waals surface area contributed by atoms with Gasteiger partial charge in [0.05, 0.1) is 5.52 Å². The molecule has 1 aromatic heterocycles. The monoisotopic (exact) mass is 243 g/mol. The van der Waals surface area contributed by atoms with E-state index in [1.807, 2.05) is 19.9 Å². The molecule has 94 valence electrons. The van der Waals surface area contributed by atoms with Crippen molar-refractivity contribution >= 4 is 10.9 Å². The molecular weight excluding hydrogens is 226 g/mol. The average Bonchev–Trinajstić information content (AvgIpc) is 2.35. The first kappa shape index (κ1) is 12.4. The van der Waals surface area contributed by atoms with Crippen LogP contribution in [0.5, 0.6) is 5.75 Å². The van der Waals surface area contributed by atoms with Gasteiger partial charge in [-0.2, -0.15) is 0 Å². The van der Waals surface area contributed by atoms with Gasteiger partial charge < -0.3 is 10.1 Å². The summed E-state index contributed by atoms with van der Waals surface area (Å²) < 4.78 is 0. The number of hydrogen-bond donors (Lipinski definition) is 2. The van der Waals surface area contributed by atoms with Crippen LogP contribution in [0.1, 0.15) is 23.6 Å². The van der Waals surface area contributed by atoms with Crippen molar-refractivity contribution in [3.05, 3.63) is 51.8 Å². The van der Waals surface area contributed by atoms with Crippen molar-refractivity contribution in [1.29, 1.82) is 0 Å². The molecule has 3 nitrogen and oxygen atoms in total. The van der Waals surface area contributed by atoms with Gasteiger partial charge in [-0.1, -0.05) is 13.0 Å². The Labute approximate surface area is 106 Å². The zero-order valence-corrected chi connectivity index (χ0v) is 10.7. The van der Waals surface area contributed by atoms with E-state index in [0.717, 1.165) is 11.1 Å². The number of phenolic OH excluding ortho intramolecular Hbond substituents is 1. The van der Waals surface area contributed by atoms with Crippen molar-refractivity contribution in [2.75, 3.05) is 0 Å². The fraction of sp³-hybridized carbons (Fsp3) is 0.267. The van der Waals surface area contributed by atoms with Gasteiger partial charge in [0, 0.05) is 10.9 Å². The number of phenols is 1. The number of allylic oxidation sites excluding steroid dienone is 1. The van der Waals surface area contributed by atoms with Gasteiger partial charge in [-0.25, -0.2) is 0 Å². The number of H-pyrrole nitrogens is 1. The molecule has 0 radical (unpaired) electrons. The normalized spacial score (nSPS) is 10.8. The molecular formula is C15H17NO2. The summed E-state index contributed by atoms with van der Waals surface area (Å²) in [5.74, 6) is 0.237. The quantitative estimate of drug-likeness (QED) is 0.814. The van der Waals surface area contributed by atoms with Crippen LogP contribution in [-0.4, -0.2) is 10.1 Å². The minimum atomic E-state index is -0.0797. The lowest BCUT2D eigenvalue weighted by Gasteiger charge is -2.10. The highest BCUT2D eigenvalue weighted by Crippen LogP contribution is 2.30. The Morgan fingerprint density at radius 1 is 1.39 bits per heavy atom. The highest BCUT2D eigenvalue weighted by Gasteiger charge is 2.11. The number of aromatic amines is 1. The molecule has 2 aromatic rings. The lowest BCUT2D eigenvalue weighted by atomic mass is 10.0. The first-order chi connectivity index (χ1) is 8.58. The molecule has 18 heavy (non-hydrogen) atoms. The average molecular weight is 243 g/mol. The van der Waals surface area contributed by atoms with Gasteiger partial charge in [-0.05, 0) is 43.0 Å². The van der Waals surface area contributed by atoms with Crippen molar-refractivity contribution in [3.8, 4) is 5.75 Å². The van der Waals surface area contributed by atoms with Crippen molar-refractivity contribution in [1.82, 2.24) is 4.98 Å². The molecule has 0 atom stereocenters. The minimum Gasteiger partial charge on any atom is -0.507 e. The van der Waals surface area contributed by atoms with E-state index in [1.165, 1.54) is 0 Å². The number of pyridine rings is 1. The van der Waals surface area contributed by atoms with Gasteiger partial charge in [0.2, 0.25) is 0 Å². The molecule has 0 aliphatic heterocycles. The molecule has 0 aliphatic rings. The molecule has 0 saturated carbocycles. The molecule has 1 aromatic carbocycles. The topological polar surface area (TPSA) is 53.1 Å². The van der Waals surface area contributed by atoms with Gasteiger partial charge in [-0.15, -0.1) is 6.58 Å². The SMILES string of the molecule is C=CCc1cc(C)c2[nH]c(=O)c(CC)cc2c1O. The molecule has 0 amide bonds.